The topological polar surface area (TPSA) is 88.4 Å². The number of sulfone groups is 1. The van der Waals surface area contributed by atoms with E-state index < -0.39 is 21.9 Å². The molecule has 0 aliphatic heterocycles. The van der Waals surface area contributed by atoms with Crippen LogP contribution in [0.25, 0.3) is 11.0 Å². The number of aryl methyl sites for hydroxylation is 1. The lowest BCUT2D eigenvalue weighted by atomic mass is 9.98. The molecule has 2 N–H and O–H groups in total. The molecule has 6 nitrogen and oxygen atoms in total. The fraction of sp³-hybridized carbons (Fsp3) is 0.286. The van der Waals surface area contributed by atoms with Gasteiger partial charge in [-0.3, -0.25) is 0 Å². The van der Waals surface area contributed by atoms with Crippen LogP contribution in [0, 0.1) is 18.7 Å². The Labute approximate surface area is 179 Å². The number of rotatable bonds is 5. The molecule has 0 aliphatic carbocycles. The number of hydrogen-bond donors (Lipinski definition) is 2. The molecular formula is C21H22ClFN2O4S. The molecule has 0 spiro atoms. The number of carbonyl (C=O) groups is 1. The Morgan fingerprint density at radius 3 is 2.50 bits per heavy atom. The van der Waals surface area contributed by atoms with Gasteiger partial charge in [-0.05, 0) is 49.2 Å². The first kappa shape index (κ1) is 22.1. The van der Waals surface area contributed by atoms with Crippen LogP contribution in [0.2, 0.25) is 5.02 Å². The summed E-state index contributed by atoms with van der Waals surface area (Å²) in [4.78, 5) is 12.5. The Bertz CT molecular complexity index is 1220. The van der Waals surface area contributed by atoms with E-state index in [9.17, 15) is 17.6 Å². The lowest BCUT2D eigenvalue weighted by Crippen LogP contribution is -2.35. The second kappa shape index (κ2) is 8.28. The third-order valence-electron chi connectivity index (χ3n) is 4.76. The zero-order valence-electron chi connectivity index (χ0n) is 16.9. The average molecular weight is 453 g/mol. The largest absolute Gasteiger partial charge is 0.459 e. The molecule has 0 saturated carbocycles. The predicted molar refractivity (Wildman–Crippen MR) is 115 cm³/mol. The normalized spacial score (nSPS) is 12.9. The Balaban J connectivity index is 1.86. The van der Waals surface area contributed by atoms with Gasteiger partial charge in [0.2, 0.25) is 0 Å². The Kier molecular flexibility index (Phi) is 6.10. The number of carbonyl (C=O) groups excluding carboxylic acids is 1. The molecule has 30 heavy (non-hydrogen) atoms. The van der Waals surface area contributed by atoms with Gasteiger partial charge in [0.15, 0.2) is 9.84 Å². The highest BCUT2D eigenvalue weighted by Crippen LogP contribution is 2.33. The molecule has 1 aromatic heterocycles. The fourth-order valence-electron chi connectivity index (χ4n) is 3.22. The maximum Gasteiger partial charge on any atom is 0.319 e. The SMILES string of the molecule is Cc1c([C@@H](NC(=O)Nc2ccc(Cl)c(S(C)(=O)=O)c2)C(C)C)oc2ccc(F)cc12. The number of nitrogens with one attached hydrogen (secondary N) is 2. The highest BCUT2D eigenvalue weighted by atomic mass is 35.5. The van der Waals surface area contributed by atoms with Gasteiger partial charge in [0.25, 0.3) is 0 Å². The summed E-state index contributed by atoms with van der Waals surface area (Å²) in [6, 6.07) is 7.47. The van der Waals surface area contributed by atoms with E-state index in [2.05, 4.69) is 10.6 Å². The smallest absolute Gasteiger partial charge is 0.319 e. The highest BCUT2D eigenvalue weighted by Gasteiger charge is 2.25. The van der Waals surface area contributed by atoms with Crippen LogP contribution in [0.1, 0.15) is 31.2 Å². The molecule has 9 heteroatoms. The minimum absolute atomic E-state index is 0.0309. The average Bonchev–Trinajstić information content (AvgIpc) is 2.96. The molecule has 3 aromatic rings. The number of urea groups is 1. The van der Waals surface area contributed by atoms with Crippen LogP contribution in [0.5, 0.6) is 0 Å². The van der Waals surface area contributed by atoms with Gasteiger partial charge in [-0.25, -0.2) is 17.6 Å². The Hall–Kier alpha value is -2.58. The zero-order chi connectivity index (χ0) is 22.2. The first-order valence-electron chi connectivity index (χ1n) is 9.23. The monoisotopic (exact) mass is 452 g/mol. The van der Waals surface area contributed by atoms with Crippen molar-refractivity contribution < 1.29 is 22.0 Å². The summed E-state index contributed by atoms with van der Waals surface area (Å²) in [6.45, 7) is 5.65. The van der Waals surface area contributed by atoms with Crippen LogP contribution < -0.4 is 10.6 Å². The summed E-state index contributed by atoms with van der Waals surface area (Å²) in [7, 11) is -3.54. The van der Waals surface area contributed by atoms with Gasteiger partial charge in [0.05, 0.1) is 16.0 Å². The molecule has 1 atom stereocenters. The maximum absolute atomic E-state index is 13.6. The predicted octanol–water partition coefficient (Wildman–Crippen LogP) is 5.46. The van der Waals surface area contributed by atoms with E-state index in [0.717, 1.165) is 11.8 Å². The molecule has 0 bridgehead atoms. The summed E-state index contributed by atoms with van der Waals surface area (Å²) in [5, 5.41) is 6.20. The van der Waals surface area contributed by atoms with Crippen LogP contribution in [0.15, 0.2) is 45.7 Å². The summed E-state index contributed by atoms with van der Waals surface area (Å²) >= 11 is 5.94. The van der Waals surface area contributed by atoms with Gasteiger partial charge >= 0.3 is 6.03 Å². The Morgan fingerprint density at radius 2 is 1.87 bits per heavy atom. The molecule has 0 aliphatic rings. The molecular weight excluding hydrogens is 431 g/mol. The molecule has 0 fully saturated rings. The standard InChI is InChI=1S/C21H22ClFN2O4S/c1-11(2)19(20-12(3)15-9-13(23)5-8-17(15)29-20)25-21(26)24-14-6-7-16(22)18(10-14)30(4,27)28/h5-11,19H,1-4H3,(H2,24,25,26)/t19-/m0/s1. The molecule has 0 saturated heterocycles. The van der Waals surface area contributed by atoms with E-state index in [1.165, 1.54) is 30.3 Å². The lowest BCUT2D eigenvalue weighted by Gasteiger charge is -2.21. The molecule has 160 valence electrons. The van der Waals surface area contributed by atoms with Crippen LogP contribution in [-0.2, 0) is 9.84 Å². The van der Waals surface area contributed by atoms with Crippen molar-refractivity contribution in [3.05, 3.63) is 58.6 Å². The highest BCUT2D eigenvalue weighted by molar-refractivity contribution is 7.90. The first-order chi connectivity index (χ1) is 14.0. The van der Waals surface area contributed by atoms with E-state index in [-0.39, 0.29) is 27.3 Å². The van der Waals surface area contributed by atoms with E-state index >= 15 is 0 Å². The summed E-state index contributed by atoms with van der Waals surface area (Å²) in [5.74, 6) is 0.138. The van der Waals surface area contributed by atoms with Gasteiger partial charge in [-0.15, -0.1) is 0 Å². The minimum atomic E-state index is -3.54. The molecule has 2 aromatic carbocycles. The second-order valence-electron chi connectivity index (χ2n) is 7.47. The van der Waals surface area contributed by atoms with E-state index in [1.807, 2.05) is 20.8 Å². The van der Waals surface area contributed by atoms with Crippen molar-refractivity contribution in [3.63, 3.8) is 0 Å². The molecule has 2 amide bonds. The van der Waals surface area contributed by atoms with Crippen LogP contribution in [0.3, 0.4) is 0 Å². The van der Waals surface area contributed by atoms with Gasteiger partial charge < -0.3 is 15.1 Å². The van der Waals surface area contributed by atoms with E-state index in [4.69, 9.17) is 16.0 Å². The van der Waals surface area contributed by atoms with Crippen molar-refractivity contribution in [3.8, 4) is 0 Å². The van der Waals surface area contributed by atoms with Crippen LogP contribution >= 0.6 is 11.6 Å². The third kappa shape index (κ3) is 4.60. The number of fused-ring (bicyclic) bond motifs is 1. The fourth-order valence-corrected chi connectivity index (χ4v) is 4.52. The van der Waals surface area contributed by atoms with Gasteiger partial charge in [0, 0.05) is 22.9 Å². The van der Waals surface area contributed by atoms with Crippen molar-refractivity contribution in [2.24, 2.45) is 5.92 Å². The van der Waals surface area contributed by atoms with Crippen molar-refractivity contribution in [2.45, 2.75) is 31.7 Å². The number of furan rings is 1. The number of anilines is 1. The number of hydrogen-bond acceptors (Lipinski definition) is 4. The molecule has 0 radical (unpaired) electrons. The van der Waals surface area contributed by atoms with E-state index in [0.29, 0.717) is 16.7 Å². The molecule has 1 heterocycles. The Morgan fingerprint density at radius 1 is 1.17 bits per heavy atom. The second-order valence-corrected chi connectivity index (χ2v) is 9.86. The van der Waals surface area contributed by atoms with Gasteiger partial charge in [-0.1, -0.05) is 25.4 Å². The van der Waals surface area contributed by atoms with Crippen LogP contribution in [-0.4, -0.2) is 20.7 Å². The minimum Gasteiger partial charge on any atom is -0.459 e. The van der Waals surface area contributed by atoms with Crippen molar-refractivity contribution >= 4 is 44.1 Å². The summed E-state index contributed by atoms with van der Waals surface area (Å²) in [5.41, 5.74) is 1.56. The number of halogens is 2. The van der Waals surface area contributed by atoms with Gasteiger partial charge in [0.1, 0.15) is 17.2 Å². The quantitative estimate of drug-likeness (QED) is 0.538. The summed E-state index contributed by atoms with van der Waals surface area (Å²) in [6.07, 6.45) is 1.04. The van der Waals surface area contributed by atoms with Crippen molar-refractivity contribution in [1.29, 1.82) is 0 Å². The molecule has 3 rings (SSSR count). The van der Waals surface area contributed by atoms with Crippen molar-refractivity contribution in [2.75, 3.05) is 11.6 Å². The first-order valence-corrected chi connectivity index (χ1v) is 11.5. The number of benzene rings is 2. The number of amides is 2. The van der Waals surface area contributed by atoms with Crippen molar-refractivity contribution in [1.82, 2.24) is 5.32 Å². The van der Waals surface area contributed by atoms with E-state index in [1.54, 1.807) is 6.07 Å². The molecule has 0 unspecified atom stereocenters. The zero-order valence-corrected chi connectivity index (χ0v) is 18.5. The van der Waals surface area contributed by atoms with Gasteiger partial charge in [-0.2, -0.15) is 0 Å². The summed E-state index contributed by atoms with van der Waals surface area (Å²) < 4.78 is 43.2. The van der Waals surface area contributed by atoms with Crippen LogP contribution in [0.4, 0.5) is 14.9 Å². The third-order valence-corrected chi connectivity index (χ3v) is 6.34. The lowest BCUT2D eigenvalue weighted by molar-refractivity contribution is 0.241. The maximum atomic E-state index is 13.6.